The Morgan fingerprint density at radius 2 is 2.16 bits per heavy atom. The van der Waals surface area contributed by atoms with Gasteiger partial charge in [0.25, 0.3) is 0 Å². The van der Waals surface area contributed by atoms with E-state index in [2.05, 4.69) is 0 Å². The van der Waals surface area contributed by atoms with Gasteiger partial charge in [-0.3, -0.25) is 0 Å². The highest BCUT2D eigenvalue weighted by molar-refractivity contribution is 7.99. The number of carbonyl (C=O) groups excluding carboxylic acids is 1. The fraction of sp³-hybridized carbons (Fsp3) is 0.846. The summed E-state index contributed by atoms with van der Waals surface area (Å²) in [7, 11) is 0. The fourth-order valence-electron chi connectivity index (χ4n) is 2.55. The molecule has 1 N–H and O–H groups in total. The van der Waals surface area contributed by atoms with Crippen molar-refractivity contribution in [1.82, 2.24) is 9.80 Å². The molecule has 0 spiro atoms. The molecule has 1 saturated heterocycles. The summed E-state index contributed by atoms with van der Waals surface area (Å²) < 4.78 is 0. The SMILES string of the molecule is CCN(CC1CCC1)C(=O)N1CCSCC1C(=O)O. The molecule has 108 valence electrons. The van der Waals surface area contributed by atoms with Crippen LogP contribution in [0.3, 0.4) is 0 Å². The highest BCUT2D eigenvalue weighted by Gasteiger charge is 2.35. The maximum atomic E-state index is 12.5. The lowest BCUT2D eigenvalue weighted by Gasteiger charge is -2.38. The summed E-state index contributed by atoms with van der Waals surface area (Å²) in [5.74, 6) is 1.06. The first kappa shape index (κ1) is 14.5. The van der Waals surface area contributed by atoms with E-state index in [9.17, 15) is 14.7 Å². The van der Waals surface area contributed by atoms with Crippen LogP contribution in [0, 0.1) is 5.92 Å². The molecule has 1 atom stereocenters. The van der Waals surface area contributed by atoms with Gasteiger partial charge in [0.05, 0.1) is 0 Å². The number of carboxylic acids is 1. The molecule has 2 aliphatic rings. The summed E-state index contributed by atoms with van der Waals surface area (Å²) in [4.78, 5) is 27.1. The smallest absolute Gasteiger partial charge is 0.327 e. The van der Waals surface area contributed by atoms with Gasteiger partial charge in [0.1, 0.15) is 6.04 Å². The van der Waals surface area contributed by atoms with E-state index in [-0.39, 0.29) is 6.03 Å². The Hall–Kier alpha value is -0.910. The van der Waals surface area contributed by atoms with Gasteiger partial charge >= 0.3 is 12.0 Å². The molecule has 2 rings (SSSR count). The topological polar surface area (TPSA) is 60.9 Å². The summed E-state index contributed by atoms with van der Waals surface area (Å²) in [5, 5.41) is 9.23. The second-order valence-electron chi connectivity index (χ2n) is 5.24. The first-order chi connectivity index (χ1) is 9.13. The van der Waals surface area contributed by atoms with Gasteiger partial charge < -0.3 is 14.9 Å². The largest absolute Gasteiger partial charge is 0.480 e. The molecule has 19 heavy (non-hydrogen) atoms. The molecule has 0 radical (unpaired) electrons. The van der Waals surface area contributed by atoms with Gasteiger partial charge in [-0.25, -0.2) is 9.59 Å². The van der Waals surface area contributed by atoms with Gasteiger partial charge in [-0.1, -0.05) is 6.42 Å². The average molecular weight is 286 g/mol. The molecule has 2 fully saturated rings. The van der Waals surface area contributed by atoms with Crippen LogP contribution in [0.5, 0.6) is 0 Å². The molecule has 0 bridgehead atoms. The summed E-state index contributed by atoms with van der Waals surface area (Å²) in [6, 6.07) is -0.760. The normalized spacial score (nSPS) is 23.8. The zero-order chi connectivity index (χ0) is 13.8. The van der Waals surface area contributed by atoms with Crippen LogP contribution in [0.2, 0.25) is 0 Å². The Balaban J connectivity index is 1.99. The third-order valence-electron chi connectivity index (χ3n) is 4.01. The lowest BCUT2D eigenvalue weighted by Crippen LogP contribution is -2.55. The number of rotatable bonds is 4. The molecular weight excluding hydrogens is 264 g/mol. The maximum absolute atomic E-state index is 12.5. The lowest BCUT2D eigenvalue weighted by atomic mass is 9.85. The Morgan fingerprint density at radius 3 is 2.68 bits per heavy atom. The zero-order valence-electron chi connectivity index (χ0n) is 11.4. The number of nitrogens with zero attached hydrogens (tertiary/aromatic N) is 2. The molecule has 1 aliphatic carbocycles. The van der Waals surface area contributed by atoms with Gasteiger partial charge in [0.2, 0.25) is 0 Å². The van der Waals surface area contributed by atoms with E-state index in [4.69, 9.17) is 0 Å². The van der Waals surface area contributed by atoms with E-state index in [1.165, 1.54) is 19.3 Å². The predicted octanol–water partition coefficient (Wildman–Crippen LogP) is 1.73. The summed E-state index contributed by atoms with van der Waals surface area (Å²) in [6.07, 6.45) is 3.65. The molecule has 5 nitrogen and oxygen atoms in total. The lowest BCUT2D eigenvalue weighted by molar-refractivity contribution is -0.141. The molecule has 1 saturated carbocycles. The van der Waals surface area contributed by atoms with E-state index < -0.39 is 12.0 Å². The average Bonchev–Trinajstić information content (AvgIpc) is 2.37. The minimum absolute atomic E-state index is 0.0953. The number of hydrogen-bond donors (Lipinski definition) is 1. The van der Waals surface area contributed by atoms with Crippen molar-refractivity contribution in [1.29, 1.82) is 0 Å². The third-order valence-corrected chi connectivity index (χ3v) is 5.04. The van der Waals surface area contributed by atoms with E-state index in [0.717, 1.165) is 12.3 Å². The quantitative estimate of drug-likeness (QED) is 0.855. The van der Waals surface area contributed by atoms with Crippen molar-refractivity contribution < 1.29 is 14.7 Å². The number of thioether (sulfide) groups is 1. The van der Waals surface area contributed by atoms with Gasteiger partial charge in [0.15, 0.2) is 0 Å². The van der Waals surface area contributed by atoms with Crippen molar-refractivity contribution in [3.63, 3.8) is 0 Å². The van der Waals surface area contributed by atoms with Crippen molar-refractivity contribution in [3.8, 4) is 0 Å². The van der Waals surface area contributed by atoms with Crippen LogP contribution in [-0.2, 0) is 4.79 Å². The molecule has 2 amide bonds. The molecule has 0 aromatic carbocycles. The van der Waals surface area contributed by atoms with Crippen LogP contribution in [0.1, 0.15) is 26.2 Å². The van der Waals surface area contributed by atoms with Gasteiger partial charge in [-0.05, 0) is 25.7 Å². The molecule has 1 aliphatic heterocycles. The molecule has 6 heteroatoms. The number of carbonyl (C=O) groups is 2. The van der Waals surface area contributed by atoms with Gasteiger partial charge in [-0.2, -0.15) is 11.8 Å². The zero-order valence-corrected chi connectivity index (χ0v) is 12.2. The number of urea groups is 1. The van der Waals surface area contributed by atoms with Crippen LogP contribution in [0.15, 0.2) is 0 Å². The van der Waals surface area contributed by atoms with Crippen LogP contribution >= 0.6 is 11.8 Å². The number of amides is 2. The second kappa shape index (κ2) is 6.50. The van der Waals surface area contributed by atoms with Crippen molar-refractivity contribution in [2.24, 2.45) is 5.92 Å². The van der Waals surface area contributed by atoms with Gasteiger partial charge in [0, 0.05) is 31.1 Å². The number of carboxylic acid groups (broad SMARTS) is 1. The molecular formula is C13H22N2O3S. The minimum Gasteiger partial charge on any atom is -0.480 e. The Morgan fingerprint density at radius 1 is 1.42 bits per heavy atom. The summed E-state index contributed by atoms with van der Waals surface area (Å²) in [6.45, 7) is 3.95. The molecule has 0 aromatic rings. The van der Waals surface area contributed by atoms with Crippen molar-refractivity contribution in [3.05, 3.63) is 0 Å². The van der Waals surface area contributed by atoms with E-state index in [1.54, 1.807) is 16.7 Å². The van der Waals surface area contributed by atoms with Crippen molar-refractivity contribution >= 4 is 23.8 Å². The summed E-state index contributed by atoms with van der Waals surface area (Å²) >= 11 is 1.61. The van der Waals surface area contributed by atoms with Crippen molar-refractivity contribution in [2.75, 3.05) is 31.1 Å². The van der Waals surface area contributed by atoms with Crippen LogP contribution in [0.25, 0.3) is 0 Å². The highest BCUT2D eigenvalue weighted by atomic mass is 32.2. The highest BCUT2D eigenvalue weighted by Crippen LogP contribution is 2.28. The van der Waals surface area contributed by atoms with Gasteiger partial charge in [-0.15, -0.1) is 0 Å². The van der Waals surface area contributed by atoms with Crippen LogP contribution < -0.4 is 0 Å². The second-order valence-corrected chi connectivity index (χ2v) is 6.39. The van der Waals surface area contributed by atoms with E-state index in [1.807, 2.05) is 11.8 Å². The van der Waals surface area contributed by atoms with Crippen LogP contribution in [0.4, 0.5) is 4.79 Å². The fourth-order valence-corrected chi connectivity index (χ4v) is 3.59. The van der Waals surface area contributed by atoms with Crippen molar-refractivity contribution in [2.45, 2.75) is 32.2 Å². The summed E-state index contributed by atoms with van der Waals surface area (Å²) in [5.41, 5.74) is 0. The third kappa shape index (κ3) is 3.35. The van der Waals surface area contributed by atoms with E-state index >= 15 is 0 Å². The minimum atomic E-state index is -0.889. The van der Waals surface area contributed by atoms with Crippen LogP contribution in [-0.4, -0.2) is 64.1 Å². The maximum Gasteiger partial charge on any atom is 0.327 e. The number of hydrogen-bond acceptors (Lipinski definition) is 3. The monoisotopic (exact) mass is 286 g/mol. The first-order valence-electron chi connectivity index (χ1n) is 6.99. The Labute approximate surface area is 118 Å². The standard InChI is InChI=1S/C13H22N2O3S/c1-2-14(8-10-4-3-5-10)13(18)15-6-7-19-9-11(15)12(16)17/h10-11H,2-9H2,1H3,(H,16,17). The Kier molecular flexibility index (Phi) is 4.96. The number of aliphatic carboxylic acids is 1. The molecule has 1 heterocycles. The molecule has 0 aromatic heterocycles. The molecule has 1 unspecified atom stereocenters. The first-order valence-corrected chi connectivity index (χ1v) is 8.15. The predicted molar refractivity (Wildman–Crippen MR) is 75.4 cm³/mol. The van der Waals surface area contributed by atoms with E-state index in [0.29, 0.717) is 24.8 Å². The Bertz CT molecular complexity index is 347.